The number of hydrogen-bond acceptors (Lipinski definition) is 3. The number of hydrogen-bond donors (Lipinski definition) is 1. The number of nitriles is 1. The van der Waals surface area contributed by atoms with Crippen LogP contribution in [0.4, 0.5) is 5.69 Å². The zero-order chi connectivity index (χ0) is 15.2. The van der Waals surface area contributed by atoms with E-state index in [1.54, 1.807) is 4.90 Å². The van der Waals surface area contributed by atoms with Gasteiger partial charge in [0.2, 0.25) is 0 Å². The van der Waals surface area contributed by atoms with Gasteiger partial charge in [0.15, 0.2) is 0 Å². The van der Waals surface area contributed by atoms with E-state index in [0.29, 0.717) is 5.92 Å². The van der Waals surface area contributed by atoms with Gasteiger partial charge in [-0.25, -0.2) is 0 Å². The second-order valence-electron chi connectivity index (χ2n) is 5.30. The molecule has 110 valence electrons. The Hall–Kier alpha value is -1.55. The lowest BCUT2D eigenvalue weighted by atomic mass is 9.99. The molecule has 1 aliphatic heterocycles. The number of rotatable bonds is 3. The number of carbonyl (C=O) groups excluding carboxylic acids is 1. The molecule has 1 heterocycles. The topological polar surface area (TPSA) is 56.1 Å². The lowest BCUT2D eigenvalue weighted by molar-refractivity contribution is -0.128. The molecule has 0 unspecified atom stereocenters. The number of nitrogens with zero attached hydrogens (tertiary/aromatic N) is 2. The molecule has 0 spiro atoms. The molecule has 21 heavy (non-hydrogen) atoms. The average Bonchev–Trinajstić information content (AvgIpc) is 2.50. The zero-order valence-corrected chi connectivity index (χ0v) is 14.1. The molecule has 0 bridgehead atoms. The molecule has 1 saturated heterocycles. The highest BCUT2D eigenvalue weighted by Gasteiger charge is 2.22. The molecule has 0 aliphatic carbocycles. The summed E-state index contributed by atoms with van der Waals surface area (Å²) < 4.78 is 1.14. The van der Waals surface area contributed by atoms with Crippen LogP contribution in [0.1, 0.15) is 19.8 Å². The Balaban J connectivity index is 2.01. The van der Waals surface area contributed by atoms with Crippen molar-refractivity contribution in [1.82, 2.24) is 4.90 Å². The van der Waals surface area contributed by atoms with Crippen LogP contribution in [0.3, 0.4) is 0 Å². The zero-order valence-electron chi connectivity index (χ0n) is 12.0. The molecule has 5 heteroatoms. The molecule has 1 aromatic carbocycles. The molecule has 4 nitrogen and oxygen atoms in total. The van der Waals surface area contributed by atoms with Crippen LogP contribution in [-0.4, -0.2) is 23.9 Å². The standard InChI is InChI=1S/C16H18IN3O/c1-12-6-8-20(9-7-12)16(21)13(10-18)11-19-15-4-2-14(17)3-5-15/h2-5,11-12,19H,6-9H2,1H3/b13-11-. The van der Waals surface area contributed by atoms with Crippen LogP contribution < -0.4 is 5.32 Å². The van der Waals surface area contributed by atoms with Crippen molar-refractivity contribution >= 4 is 34.2 Å². The summed E-state index contributed by atoms with van der Waals surface area (Å²) in [6.45, 7) is 3.67. The van der Waals surface area contributed by atoms with Crippen LogP contribution in [0.15, 0.2) is 36.0 Å². The summed E-state index contributed by atoms with van der Waals surface area (Å²) in [7, 11) is 0. The summed E-state index contributed by atoms with van der Waals surface area (Å²) in [5.41, 5.74) is 1.02. The van der Waals surface area contributed by atoms with Gasteiger partial charge < -0.3 is 10.2 Å². The van der Waals surface area contributed by atoms with Gasteiger partial charge in [-0.1, -0.05) is 6.92 Å². The summed E-state index contributed by atoms with van der Waals surface area (Å²) in [4.78, 5) is 14.1. The number of anilines is 1. The first-order valence-electron chi connectivity index (χ1n) is 7.02. The van der Waals surface area contributed by atoms with Gasteiger partial charge in [-0.15, -0.1) is 0 Å². The molecule has 1 fully saturated rings. The maximum Gasteiger partial charge on any atom is 0.266 e. The number of amides is 1. The van der Waals surface area contributed by atoms with Crippen molar-refractivity contribution in [3.8, 4) is 6.07 Å². The minimum absolute atomic E-state index is 0.156. The number of piperidine rings is 1. The average molecular weight is 395 g/mol. The third-order valence-corrected chi connectivity index (χ3v) is 4.37. The van der Waals surface area contributed by atoms with Gasteiger partial charge in [-0.05, 0) is 65.6 Å². The van der Waals surface area contributed by atoms with E-state index in [1.807, 2.05) is 30.3 Å². The highest BCUT2D eigenvalue weighted by Crippen LogP contribution is 2.18. The smallest absolute Gasteiger partial charge is 0.266 e. The molecular formula is C16H18IN3O. The van der Waals surface area contributed by atoms with Gasteiger partial charge in [-0.2, -0.15) is 5.26 Å². The number of halogens is 1. The molecule has 1 amide bonds. The minimum Gasteiger partial charge on any atom is -0.360 e. The molecular weight excluding hydrogens is 377 g/mol. The van der Waals surface area contributed by atoms with E-state index in [9.17, 15) is 10.1 Å². The van der Waals surface area contributed by atoms with E-state index in [4.69, 9.17) is 0 Å². The molecule has 0 saturated carbocycles. The minimum atomic E-state index is -0.178. The molecule has 1 aromatic rings. The van der Waals surface area contributed by atoms with Crippen molar-refractivity contribution in [2.45, 2.75) is 19.8 Å². The molecule has 0 atom stereocenters. The van der Waals surface area contributed by atoms with Crippen molar-refractivity contribution in [2.24, 2.45) is 5.92 Å². The molecule has 0 aromatic heterocycles. The third-order valence-electron chi connectivity index (χ3n) is 3.65. The van der Waals surface area contributed by atoms with E-state index >= 15 is 0 Å². The first-order chi connectivity index (χ1) is 10.1. The normalized spacial score (nSPS) is 16.4. The quantitative estimate of drug-likeness (QED) is 0.485. The van der Waals surface area contributed by atoms with Crippen LogP contribution in [0.25, 0.3) is 0 Å². The van der Waals surface area contributed by atoms with Gasteiger partial charge in [0, 0.05) is 28.5 Å². The fourth-order valence-electron chi connectivity index (χ4n) is 2.23. The van der Waals surface area contributed by atoms with Gasteiger partial charge in [0.1, 0.15) is 11.6 Å². The highest BCUT2D eigenvalue weighted by molar-refractivity contribution is 14.1. The van der Waals surface area contributed by atoms with Crippen LogP contribution in [-0.2, 0) is 4.79 Å². The van der Waals surface area contributed by atoms with Gasteiger partial charge in [0.25, 0.3) is 5.91 Å². The predicted molar refractivity (Wildman–Crippen MR) is 91.5 cm³/mol. The van der Waals surface area contributed by atoms with Crippen molar-refractivity contribution in [3.63, 3.8) is 0 Å². The number of carbonyl (C=O) groups is 1. The fourth-order valence-corrected chi connectivity index (χ4v) is 2.59. The Morgan fingerprint density at radius 2 is 2.00 bits per heavy atom. The second-order valence-corrected chi connectivity index (χ2v) is 6.54. The molecule has 2 rings (SSSR count). The number of likely N-dealkylation sites (tertiary alicyclic amines) is 1. The van der Waals surface area contributed by atoms with E-state index in [0.717, 1.165) is 35.2 Å². The van der Waals surface area contributed by atoms with Crippen molar-refractivity contribution in [3.05, 3.63) is 39.6 Å². The number of nitrogens with one attached hydrogen (secondary N) is 1. The van der Waals surface area contributed by atoms with Crippen LogP contribution in [0.2, 0.25) is 0 Å². The molecule has 0 radical (unpaired) electrons. The Bertz CT molecular complexity index is 566. The summed E-state index contributed by atoms with van der Waals surface area (Å²) in [5.74, 6) is 0.482. The van der Waals surface area contributed by atoms with Crippen LogP contribution in [0, 0.1) is 20.8 Å². The number of benzene rings is 1. The Kier molecular flexibility index (Phi) is 5.62. The van der Waals surface area contributed by atoms with Gasteiger partial charge >= 0.3 is 0 Å². The first kappa shape index (κ1) is 15.8. The van der Waals surface area contributed by atoms with Crippen molar-refractivity contribution < 1.29 is 4.79 Å². The van der Waals surface area contributed by atoms with Crippen molar-refractivity contribution in [2.75, 3.05) is 18.4 Å². The summed E-state index contributed by atoms with van der Waals surface area (Å²) >= 11 is 2.23. The Morgan fingerprint density at radius 1 is 1.38 bits per heavy atom. The van der Waals surface area contributed by atoms with Gasteiger partial charge in [-0.3, -0.25) is 4.79 Å². The van der Waals surface area contributed by atoms with Crippen molar-refractivity contribution in [1.29, 1.82) is 5.26 Å². The lowest BCUT2D eigenvalue weighted by Gasteiger charge is -2.30. The monoisotopic (exact) mass is 395 g/mol. The fraction of sp³-hybridized carbons (Fsp3) is 0.375. The van der Waals surface area contributed by atoms with E-state index in [1.165, 1.54) is 6.20 Å². The molecule has 1 N–H and O–H groups in total. The lowest BCUT2D eigenvalue weighted by Crippen LogP contribution is -2.38. The van der Waals surface area contributed by atoms with E-state index in [-0.39, 0.29) is 11.5 Å². The largest absolute Gasteiger partial charge is 0.360 e. The Labute approximate surface area is 139 Å². The van der Waals surface area contributed by atoms with E-state index in [2.05, 4.69) is 34.8 Å². The molecule has 1 aliphatic rings. The van der Waals surface area contributed by atoms with Crippen LogP contribution >= 0.6 is 22.6 Å². The van der Waals surface area contributed by atoms with E-state index < -0.39 is 0 Å². The second kappa shape index (κ2) is 7.46. The SMILES string of the molecule is CC1CCN(C(=O)/C(C#N)=C\Nc2ccc(I)cc2)CC1. The third kappa shape index (κ3) is 4.46. The maximum atomic E-state index is 12.3. The first-order valence-corrected chi connectivity index (χ1v) is 8.09. The predicted octanol–water partition coefficient (Wildman–Crippen LogP) is 3.37. The Morgan fingerprint density at radius 3 is 2.57 bits per heavy atom. The summed E-state index contributed by atoms with van der Waals surface area (Å²) in [6, 6.07) is 9.77. The summed E-state index contributed by atoms with van der Waals surface area (Å²) in [6.07, 6.45) is 3.52. The maximum absolute atomic E-state index is 12.3. The highest BCUT2D eigenvalue weighted by atomic mass is 127. The van der Waals surface area contributed by atoms with Crippen LogP contribution in [0.5, 0.6) is 0 Å². The van der Waals surface area contributed by atoms with Gasteiger partial charge in [0.05, 0.1) is 0 Å². The summed E-state index contributed by atoms with van der Waals surface area (Å²) in [5, 5.41) is 12.2.